The Kier molecular flexibility index (Phi) is 6.22. The van der Waals surface area contributed by atoms with Crippen molar-refractivity contribution >= 4 is 15.9 Å². The smallest absolute Gasteiger partial charge is 0.239 e. The summed E-state index contributed by atoms with van der Waals surface area (Å²) in [5.41, 5.74) is 0. The van der Waals surface area contributed by atoms with Gasteiger partial charge in [0.05, 0.1) is 11.8 Å². The van der Waals surface area contributed by atoms with Gasteiger partial charge in [-0.15, -0.1) is 0 Å². The third-order valence-corrected chi connectivity index (χ3v) is 4.91. The van der Waals surface area contributed by atoms with Crippen LogP contribution in [0.15, 0.2) is 0 Å². The first kappa shape index (κ1) is 16.4. The first-order chi connectivity index (χ1) is 8.82. The Balaban J connectivity index is 2.40. The molecule has 1 fully saturated rings. The van der Waals surface area contributed by atoms with Gasteiger partial charge in [-0.1, -0.05) is 0 Å². The molecule has 0 saturated carbocycles. The molecule has 1 unspecified atom stereocenters. The van der Waals surface area contributed by atoms with Crippen LogP contribution in [0, 0.1) is 5.92 Å². The average molecular weight is 291 g/mol. The lowest BCUT2D eigenvalue weighted by Crippen LogP contribution is -2.45. The zero-order chi connectivity index (χ0) is 14.5. The molecule has 19 heavy (non-hydrogen) atoms. The van der Waals surface area contributed by atoms with Gasteiger partial charge in [-0.2, -0.15) is 0 Å². The van der Waals surface area contributed by atoms with Gasteiger partial charge in [0.2, 0.25) is 15.9 Å². The number of sulfonamides is 1. The highest BCUT2D eigenvalue weighted by Gasteiger charge is 2.23. The number of carbonyl (C=O) groups excluding carboxylic acids is 1. The van der Waals surface area contributed by atoms with Crippen LogP contribution in [-0.4, -0.2) is 58.2 Å². The summed E-state index contributed by atoms with van der Waals surface area (Å²) in [7, 11) is -0.150. The zero-order valence-corrected chi connectivity index (χ0v) is 12.8. The lowest BCUT2D eigenvalue weighted by Gasteiger charge is -2.23. The van der Waals surface area contributed by atoms with Crippen molar-refractivity contribution < 1.29 is 13.2 Å². The van der Waals surface area contributed by atoms with Gasteiger partial charge in [-0.05, 0) is 45.2 Å². The van der Waals surface area contributed by atoms with Crippen molar-refractivity contribution in [2.45, 2.75) is 32.2 Å². The molecule has 1 amide bonds. The summed E-state index contributed by atoms with van der Waals surface area (Å²) in [6.07, 6.45) is 2.73. The van der Waals surface area contributed by atoms with Gasteiger partial charge < -0.3 is 10.2 Å². The summed E-state index contributed by atoms with van der Waals surface area (Å²) in [4.78, 5) is 13.0. The molecule has 0 spiro atoms. The molecule has 1 aliphatic rings. The van der Waals surface area contributed by atoms with E-state index in [-0.39, 0.29) is 11.7 Å². The van der Waals surface area contributed by atoms with Crippen LogP contribution in [0.2, 0.25) is 0 Å². The van der Waals surface area contributed by atoms with Gasteiger partial charge in [0, 0.05) is 14.1 Å². The Morgan fingerprint density at radius 3 is 2.47 bits per heavy atom. The van der Waals surface area contributed by atoms with E-state index in [1.54, 1.807) is 21.0 Å². The van der Waals surface area contributed by atoms with Crippen LogP contribution in [0.25, 0.3) is 0 Å². The maximum absolute atomic E-state index is 11.9. The SMILES string of the molecule is CC(NS(=O)(=O)CCC1CCNCC1)C(=O)N(C)C. The molecule has 0 bridgehead atoms. The van der Waals surface area contributed by atoms with Gasteiger partial charge in [0.15, 0.2) is 0 Å². The largest absolute Gasteiger partial charge is 0.347 e. The minimum Gasteiger partial charge on any atom is -0.347 e. The monoisotopic (exact) mass is 291 g/mol. The number of likely N-dealkylation sites (N-methyl/N-ethyl adjacent to an activating group) is 1. The molecule has 0 radical (unpaired) electrons. The van der Waals surface area contributed by atoms with Gasteiger partial charge in [-0.25, -0.2) is 13.1 Å². The summed E-state index contributed by atoms with van der Waals surface area (Å²) < 4.78 is 26.3. The van der Waals surface area contributed by atoms with Crippen molar-refractivity contribution in [2.24, 2.45) is 5.92 Å². The molecule has 7 heteroatoms. The Hall–Kier alpha value is -0.660. The molecular weight excluding hydrogens is 266 g/mol. The molecule has 1 rings (SSSR count). The van der Waals surface area contributed by atoms with Crippen LogP contribution in [-0.2, 0) is 14.8 Å². The molecule has 6 nitrogen and oxygen atoms in total. The van der Waals surface area contributed by atoms with Crippen molar-refractivity contribution in [1.29, 1.82) is 0 Å². The maximum Gasteiger partial charge on any atom is 0.239 e. The second-order valence-corrected chi connectivity index (χ2v) is 7.25. The number of piperidine rings is 1. The second kappa shape index (κ2) is 7.21. The van der Waals surface area contributed by atoms with Gasteiger partial charge in [-0.3, -0.25) is 4.79 Å². The van der Waals surface area contributed by atoms with Crippen molar-refractivity contribution in [2.75, 3.05) is 32.9 Å². The van der Waals surface area contributed by atoms with Crippen LogP contribution in [0.3, 0.4) is 0 Å². The minimum absolute atomic E-state index is 0.0999. The number of amides is 1. The quantitative estimate of drug-likeness (QED) is 0.709. The molecule has 1 heterocycles. The number of nitrogens with one attached hydrogen (secondary N) is 2. The Morgan fingerprint density at radius 1 is 1.37 bits per heavy atom. The summed E-state index contributed by atoms with van der Waals surface area (Å²) >= 11 is 0. The molecular formula is C12H25N3O3S. The van der Waals surface area contributed by atoms with E-state index in [0.29, 0.717) is 12.3 Å². The van der Waals surface area contributed by atoms with Crippen molar-refractivity contribution in [3.63, 3.8) is 0 Å². The van der Waals surface area contributed by atoms with Gasteiger partial charge in [0.1, 0.15) is 0 Å². The first-order valence-electron chi connectivity index (χ1n) is 6.73. The predicted octanol–water partition coefficient (Wildman–Crippen LogP) is -0.228. The highest BCUT2D eigenvalue weighted by Crippen LogP contribution is 2.16. The topological polar surface area (TPSA) is 78.5 Å². The molecule has 1 saturated heterocycles. The molecule has 1 atom stereocenters. The Bertz CT molecular complexity index is 389. The van der Waals surface area contributed by atoms with Crippen LogP contribution in [0.1, 0.15) is 26.2 Å². The molecule has 0 aromatic rings. The fourth-order valence-corrected chi connectivity index (χ4v) is 3.66. The van der Waals surface area contributed by atoms with E-state index in [1.165, 1.54) is 4.90 Å². The molecule has 0 aromatic carbocycles. The first-order valence-corrected chi connectivity index (χ1v) is 8.39. The Morgan fingerprint density at radius 2 is 1.95 bits per heavy atom. The zero-order valence-electron chi connectivity index (χ0n) is 12.0. The molecule has 0 aliphatic carbocycles. The summed E-state index contributed by atoms with van der Waals surface area (Å²) in [6.45, 7) is 3.51. The third kappa shape index (κ3) is 5.88. The van der Waals surface area contributed by atoms with Gasteiger partial charge >= 0.3 is 0 Å². The van der Waals surface area contributed by atoms with Gasteiger partial charge in [0.25, 0.3) is 0 Å². The number of rotatable bonds is 6. The minimum atomic E-state index is -3.38. The lowest BCUT2D eigenvalue weighted by molar-refractivity contribution is -0.130. The molecule has 1 aliphatic heterocycles. The lowest BCUT2D eigenvalue weighted by atomic mass is 9.96. The number of hydrogen-bond donors (Lipinski definition) is 2. The molecule has 2 N–H and O–H groups in total. The van der Waals surface area contributed by atoms with E-state index < -0.39 is 16.1 Å². The average Bonchev–Trinajstić information content (AvgIpc) is 2.36. The van der Waals surface area contributed by atoms with E-state index in [9.17, 15) is 13.2 Å². The molecule has 112 valence electrons. The van der Waals surface area contributed by atoms with E-state index in [1.807, 2.05) is 0 Å². The Labute approximate surface area is 116 Å². The highest BCUT2D eigenvalue weighted by atomic mass is 32.2. The number of nitrogens with zero attached hydrogens (tertiary/aromatic N) is 1. The van der Waals surface area contributed by atoms with Crippen molar-refractivity contribution in [3.8, 4) is 0 Å². The van der Waals surface area contributed by atoms with E-state index in [0.717, 1.165) is 25.9 Å². The highest BCUT2D eigenvalue weighted by molar-refractivity contribution is 7.89. The second-order valence-electron chi connectivity index (χ2n) is 5.37. The number of hydrogen-bond acceptors (Lipinski definition) is 4. The van der Waals surface area contributed by atoms with Crippen LogP contribution < -0.4 is 10.0 Å². The summed E-state index contributed by atoms with van der Waals surface area (Å²) in [6, 6.07) is -0.701. The van der Waals surface area contributed by atoms with Crippen molar-refractivity contribution in [1.82, 2.24) is 14.9 Å². The number of carbonyl (C=O) groups is 1. The summed E-state index contributed by atoms with van der Waals surface area (Å²) in [5, 5.41) is 3.26. The van der Waals surface area contributed by atoms with E-state index in [4.69, 9.17) is 0 Å². The normalized spacial score (nSPS) is 19.1. The van der Waals surface area contributed by atoms with E-state index in [2.05, 4.69) is 10.0 Å². The van der Waals surface area contributed by atoms with Crippen molar-refractivity contribution in [3.05, 3.63) is 0 Å². The van der Waals surface area contributed by atoms with E-state index >= 15 is 0 Å². The fraction of sp³-hybridized carbons (Fsp3) is 0.917. The van der Waals surface area contributed by atoms with Crippen LogP contribution in [0.4, 0.5) is 0 Å². The third-order valence-electron chi connectivity index (χ3n) is 3.42. The predicted molar refractivity (Wildman–Crippen MR) is 75.3 cm³/mol. The van der Waals surface area contributed by atoms with Crippen LogP contribution in [0.5, 0.6) is 0 Å². The maximum atomic E-state index is 11.9. The fourth-order valence-electron chi connectivity index (χ4n) is 2.26. The molecule has 0 aromatic heterocycles. The van der Waals surface area contributed by atoms with Crippen LogP contribution >= 0.6 is 0 Å². The summed E-state index contributed by atoms with van der Waals surface area (Å²) in [5.74, 6) is 0.339. The standard InChI is InChI=1S/C12H25N3O3S/c1-10(12(16)15(2)3)14-19(17,18)9-6-11-4-7-13-8-5-11/h10-11,13-14H,4-9H2,1-3H3.